The summed E-state index contributed by atoms with van der Waals surface area (Å²) >= 11 is 6.17. The first-order chi connectivity index (χ1) is 11.6. The number of para-hydroxylation sites is 1. The predicted octanol–water partition coefficient (Wildman–Crippen LogP) is 4.55. The minimum atomic E-state index is -0.811. The zero-order chi connectivity index (χ0) is 16.9. The Hall–Kier alpha value is -2.99. The quantitative estimate of drug-likeness (QED) is 0.758. The molecule has 1 amide bonds. The molecule has 24 heavy (non-hydrogen) atoms. The van der Waals surface area contributed by atoms with Gasteiger partial charge in [-0.15, -0.1) is 0 Å². The van der Waals surface area contributed by atoms with E-state index in [-0.39, 0.29) is 10.7 Å². The van der Waals surface area contributed by atoms with Crippen LogP contribution >= 0.6 is 11.6 Å². The number of nitrogens with zero attached hydrogens (tertiary/aromatic N) is 2. The zero-order valence-corrected chi connectivity index (χ0v) is 13.0. The zero-order valence-electron chi connectivity index (χ0n) is 12.2. The predicted molar refractivity (Wildman–Crippen MR) is 88.5 cm³/mol. The maximum absolute atomic E-state index is 14.2. The molecule has 0 unspecified atom stereocenters. The molecular formula is C17H11ClFN3O2. The lowest BCUT2D eigenvalue weighted by atomic mass is 10.1. The maximum Gasteiger partial charge on any atom is 0.417 e. The van der Waals surface area contributed by atoms with Crippen molar-refractivity contribution in [2.24, 2.45) is 0 Å². The van der Waals surface area contributed by atoms with E-state index < -0.39 is 11.9 Å². The van der Waals surface area contributed by atoms with Crippen LogP contribution in [0.25, 0.3) is 11.1 Å². The van der Waals surface area contributed by atoms with Gasteiger partial charge in [-0.1, -0.05) is 29.8 Å². The average molecular weight is 344 g/mol. The first-order valence-electron chi connectivity index (χ1n) is 6.93. The van der Waals surface area contributed by atoms with Gasteiger partial charge in [0.05, 0.1) is 23.1 Å². The summed E-state index contributed by atoms with van der Waals surface area (Å²) in [5.41, 5.74) is 0.991. The Kier molecular flexibility index (Phi) is 4.67. The number of carbonyl (C=O) groups excluding carboxylic acids is 1. The highest BCUT2D eigenvalue weighted by atomic mass is 35.5. The molecule has 0 saturated carbocycles. The van der Waals surface area contributed by atoms with E-state index in [0.29, 0.717) is 16.9 Å². The molecular weight excluding hydrogens is 333 g/mol. The molecule has 1 N–H and O–H groups in total. The fourth-order valence-corrected chi connectivity index (χ4v) is 2.32. The first kappa shape index (κ1) is 15.9. The van der Waals surface area contributed by atoms with Crippen molar-refractivity contribution in [2.45, 2.75) is 0 Å². The van der Waals surface area contributed by atoms with E-state index in [2.05, 4.69) is 15.5 Å². The lowest BCUT2D eigenvalue weighted by molar-refractivity contribution is 0.215. The van der Waals surface area contributed by atoms with Crippen LogP contribution in [0.2, 0.25) is 5.02 Å². The third kappa shape index (κ3) is 3.67. The minimum absolute atomic E-state index is 0.0771. The molecule has 0 spiro atoms. The molecule has 5 nitrogen and oxygen atoms in total. The molecule has 0 bridgehead atoms. The normalized spacial score (nSPS) is 10.2. The van der Waals surface area contributed by atoms with E-state index >= 15 is 0 Å². The highest BCUT2D eigenvalue weighted by Gasteiger charge is 2.14. The molecule has 7 heteroatoms. The van der Waals surface area contributed by atoms with Crippen LogP contribution in [0.1, 0.15) is 0 Å². The highest BCUT2D eigenvalue weighted by molar-refractivity contribution is 6.33. The summed E-state index contributed by atoms with van der Waals surface area (Å²) in [5.74, 6) is -0.294. The minimum Gasteiger partial charge on any atom is -0.410 e. The molecule has 1 heterocycles. The Balaban J connectivity index is 1.80. The summed E-state index contributed by atoms with van der Waals surface area (Å²) in [6.07, 6.45) is 2.14. The Bertz CT molecular complexity index is 860. The van der Waals surface area contributed by atoms with Crippen molar-refractivity contribution < 1.29 is 13.9 Å². The van der Waals surface area contributed by atoms with Crippen LogP contribution in [0.4, 0.5) is 14.9 Å². The van der Waals surface area contributed by atoms with Gasteiger partial charge in [0.15, 0.2) is 0 Å². The lowest BCUT2D eigenvalue weighted by Crippen LogP contribution is -2.17. The SMILES string of the molecule is O=C(Nc1cc(Cl)c(-c2ccnnc2)cc1F)Oc1ccccc1. The highest BCUT2D eigenvalue weighted by Crippen LogP contribution is 2.32. The molecule has 0 aliphatic rings. The Labute approximate surface area is 142 Å². The number of carbonyl (C=O) groups is 1. The van der Waals surface area contributed by atoms with Gasteiger partial charge in [-0.05, 0) is 30.3 Å². The molecule has 0 aliphatic heterocycles. The van der Waals surface area contributed by atoms with Gasteiger partial charge in [0.25, 0.3) is 0 Å². The van der Waals surface area contributed by atoms with Crippen LogP contribution in [0.5, 0.6) is 5.75 Å². The number of halogens is 2. The van der Waals surface area contributed by atoms with Crippen molar-refractivity contribution in [1.82, 2.24) is 10.2 Å². The van der Waals surface area contributed by atoms with E-state index in [0.717, 1.165) is 0 Å². The van der Waals surface area contributed by atoms with Gasteiger partial charge in [0.1, 0.15) is 11.6 Å². The van der Waals surface area contributed by atoms with E-state index in [9.17, 15) is 9.18 Å². The average Bonchev–Trinajstić information content (AvgIpc) is 2.59. The molecule has 0 atom stereocenters. The fraction of sp³-hybridized carbons (Fsp3) is 0. The van der Waals surface area contributed by atoms with E-state index in [1.165, 1.54) is 24.5 Å². The van der Waals surface area contributed by atoms with Crippen LogP contribution < -0.4 is 10.1 Å². The molecule has 2 aromatic carbocycles. The topological polar surface area (TPSA) is 64.1 Å². The second-order valence-electron chi connectivity index (χ2n) is 4.77. The van der Waals surface area contributed by atoms with Gasteiger partial charge in [-0.2, -0.15) is 10.2 Å². The number of ether oxygens (including phenoxy) is 1. The number of amides is 1. The van der Waals surface area contributed by atoms with Crippen LogP contribution in [-0.4, -0.2) is 16.3 Å². The van der Waals surface area contributed by atoms with Crippen LogP contribution in [0.3, 0.4) is 0 Å². The number of rotatable bonds is 3. The third-order valence-corrected chi connectivity index (χ3v) is 3.46. The molecule has 0 fully saturated rings. The molecule has 0 aliphatic carbocycles. The van der Waals surface area contributed by atoms with Gasteiger partial charge < -0.3 is 4.74 Å². The Morgan fingerprint density at radius 3 is 2.62 bits per heavy atom. The largest absolute Gasteiger partial charge is 0.417 e. The summed E-state index contributed by atoms with van der Waals surface area (Å²) in [7, 11) is 0. The molecule has 3 aromatic rings. The molecule has 1 aromatic heterocycles. The van der Waals surface area contributed by atoms with Crippen LogP contribution in [-0.2, 0) is 0 Å². The number of hydrogen-bond donors (Lipinski definition) is 1. The van der Waals surface area contributed by atoms with Crippen molar-refractivity contribution in [3.8, 4) is 16.9 Å². The molecule has 3 rings (SSSR count). The summed E-state index contributed by atoms with van der Waals surface area (Å²) in [6.45, 7) is 0. The number of anilines is 1. The fourth-order valence-electron chi connectivity index (χ4n) is 2.04. The number of benzene rings is 2. The maximum atomic E-state index is 14.2. The summed E-state index contributed by atoms with van der Waals surface area (Å²) in [6, 6.07) is 12.7. The van der Waals surface area contributed by atoms with Crippen molar-refractivity contribution in [3.63, 3.8) is 0 Å². The van der Waals surface area contributed by atoms with E-state index in [4.69, 9.17) is 16.3 Å². The van der Waals surface area contributed by atoms with Gasteiger partial charge in [0, 0.05) is 11.1 Å². The standard InChI is InChI=1S/C17H11ClFN3O2/c18-14-9-16(22-17(23)24-12-4-2-1-3-5-12)15(19)8-13(14)11-6-7-20-21-10-11/h1-10H,(H,22,23). The van der Waals surface area contributed by atoms with Crippen molar-refractivity contribution in [1.29, 1.82) is 0 Å². The Morgan fingerprint density at radius 1 is 1.12 bits per heavy atom. The lowest BCUT2D eigenvalue weighted by Gasteiger charge is -2.10. The monoisotopic (exact) mass is 343 g/mol. The van der Waals surface area contributed by atoms with E-state index in [1.54, 1.807) is 36.4 Å². The van der Waals surface area contributed by atoms with Crippen LogP contribution in [0.15, 0.2) is 60.9 Å². The second kappa shape index (κ2) is 7.06. The summed E-state index contributed by atoms with van der Waals surface area (Å²) in [5, 5.41) is 9.98. The molecule has 120 valence electrons. The smallest absolute Gasteiger partial charge is 0.410 e. The van der Waals surface area contributed by atoms with Gasteiger partial charge >= 0.3 is 6.09 Å². The van der Waals surface area contributed by atoms with Gasteiger partial charge in [-0.3, -0.25) is 5.32 Å². The van der Waals surface area contributed by atoms with Crippen molar-refractivity contribution >= 4 is 23.4 Å². The number of aromatic nitrogens is 2. The molecule has 0 saturated heterocycles. The van der Waals surface area contributed by atoms with Crippen LogP contribution in [0, 0.1) is 5.82 Å². The third-order valence-electron chi connectivity index (χ3n) is 3.14. The summed E-state index contributed by atoms with van der Waals surface area (Å²) < 4.78 is 19.3. The van der Waals surface area contributed by atoms with Crippen molar-refractivity contribution in [2.75, 3.05) is 5.32 Å². The molecule has 0 radical (unpaired) electrons. The van der Waals surface area contributed by atoms with Gasteiger partial charge in [-0.25, -0.2) is 9.18 Å². The van der Waals surface area contributed by atoms with Gasteiger partial charge in [0.2, 0.25) is 0 Å². The Morgan fingerprint density at radius 2 is 1.92 bits per heavy atom. The second-order valence-corrected chi connectivity index (χ2v) is 5.18. The number of nitrogens with one attached hydrogen (secondary N) is 1. The number of hydrogen-bond acceptors (Lipinski definition) is 4. The van der Waals surface area contributed by atoms with Crippen molar-refractivity contribution in [3.05, 3.63) is 71.8 Å². The first-order valence-corrected chi connectivity index (χ1v) is 7.31. The summed E-state index contributed by atoms with van der Waals surface area (Å²) in [4.78, 5) is 11.8. The van der Waals surface area contributed by atoms with E-state index in [1.807, 2.05) is 0 Å².